The van der Waals surface area contributed by atoms with Crippen LogP contribution in [0.2, 0.25) is 0 Å². The molecule has 0 aliphatic heterocycles. The SMILES string of the molecule is Cc1ccc(CCC(=O)NC(c2ccccc2)c2ccccc2)cc1. The molecule has 0 heterocycles. The van der Waals surface area contributed by atoms with Crippen LogP contribution in [0.5, 0.6) is 0 Å². The van der Waals surface area contributed by atoms with E-state index >= 15 is 0 Å². The molecule has 0 unspecified atom stereocenters. The van der Waals surface area contributed by atoms with Crippen LogP contribution in [0.3, 0.4) is 0 Å². The summed E-state index contributed by atoms with van der Waals surface area (Å²) in [6, 6.07) is 28.5. The van der Waals surface area contributed by atoms with Crippen molar-refractivity contribution in [3.8, 4) is 0 Å². The smallest absolute Gasteiger partial charge is 0.221 e. The van der Waals surface area contributed by atoms with Crippen molar-refractivity contribution < 1.29 is 4.79 Å². The zero-order chi connectivity index (χ0) is 17.5. The molecule has 0 atom stereocenters. The van der Waals surface area contributed by atoms with Crippen LogP contribution < -0.4 is 5.32 Å². The first-order chi connectivity index (χ1) is 12.2. The van der Waals surface area contributed by atoms with E-state index in [2.05, 4.69) is 60.8 Å². The topological polar surface area (TPSA) is 29.1 Å². The fraction of sp³-hybridized carbons (Fsp3) is 0.174. The largest absolute Gasteiger partial charge is 0.345 e. The third kappa shape index (κ3) is 4.80. The Labute approximate surface area is 149 Å². The molecule has 3 aromatic carbocycles. The summed E-state index contributed by atoms with van der Waals surface area (Å²) in [6.45, 7) is 2.07. The van der Waals surface area contributed by atoms with E-state index in [4.69, 9.17) is 0 Å². The van der Waals surface area contributed by atoms with Crippen LogP contribution in [0.25, 0.3) is 0 Å². The quantitative estimate of drug-likeness (QED) is 0.689. The van der Waals surface area contributed by atoms with Crippen LogP contribution in [0.1, 0.15) is 34.7 Å². The van der Waals surface area contributed by atoms with Crippen LogP contribution in [0.15, 0.2) is 84.9 Å². The van der Waals surface area contributed by atoms with Crippen LogP contribution in [0, 0.1) is 6.92 Å². The molecule has 0 spiro atoms. The Hall–Kier alpha value is -2.87. The van der Waals surface area contributed by atoms with Gasteiger partial charge in [-0.2, -0.15) is 0 Å². The van der Waals surface area contributed by atoms with Crippen molar-refractivity contribution in [1.82, 2.24) is 5.32 Å². The van der Waals surface area contributed by atoms with Gasteiger partial charge in [0, 0.05) is 6.42 Å². The number of aryl methyl sites for hydroxylation is 2. The summed E-state index contributed by atoms with van der Waals surface area (Å²) in [5, 5.41) is 3.19. The summed E-state index contributed by atoms with van der Waals surface area (Å²) >= 11 is 0. The molecule has 0 fully saturated rings. The third-order valence-corrected chi connectivity index (χ3v) is 4.33. The maximum absolute atomic E-state index is 12.5. The molecule has 0 aromatic heterocycles. The second-order valence-corrected chi connectivity index (χ2v) is 6.31. The fourth-order valence-corrected chi connectivity index (χ4v) is 2.90. The third-order valence-electron chi connectivity index (χ3n) is 4.33. The highest BCUT2D eigenvalue weighted by Crippen LogP contribution is 2.22. The lowest BCUT2D eigenvalue weighted by atomic mass is 9.98. The van der Waals surface area contributed by atoms with Gasteiger partial charge >= 0.3 is 0 Å². The van der Waals surface area contributed by atoms with Gasteiger partial charge in [-0.3, -0.25) is 4.79 Å². The van der Waals surface area contributed by atoms with E-state index in [1.807, 2.05) is 36.4 Å². The second kappa shape index (κ2) is 8.29. The summed E-state index contributed by atoms with van der Waals surface area (Å²) in [7, 11) is 0. The minimum absolute atomic E-state index is 0.0679. The maximum atomic E-state index is 12.5. The molecule has 0 aliphatic carbocycles. The number of benzene rings is 3. The summed E-state index contributed by atoms with van der Waals surface area (Å²) < 4.78 is 0. The van der Waals surface area contributed by atoms with Gasteiger partial charge in [-0.15, -0.1) is 0 Å². The highest BCUT2D eigenvalue weighted by Gasteiger charge is 2.16. The Bertz CT molecular complexity index is 755. The van der Waals surface area contributed by atoms with Crippen LogP contribution in [0.4, 0.5) is 0 Å². The molecular formula is C23H23NO. The lowest BCUT2D eigenvalue weighted by Crippen LogP contribution is -2.29. The van der Waals surface area contributed by atoms with Crippen LogP contribution in [-0.2, 0) is 11.2 Å². The molecule has 0 bridgehead atoms. The van der Waals surface area contributed by atoms with Gasteiger partial charge < -0.3 is 5.32 Å². The predicted molar refractivity (Wildman–Crippen MR) is 102 cm³/mol. The number of hydrogen-bond acceptors (Lipinski definition) is 1. The number of nitrogens with one attached hydrogen (secondary N) is 1. The van der Waals surface area contributed by atoms with E-state index in [0.29, 0.717) is 6.42 Å². The number of amides is 1. The van der Waals surface area contributed by atoms with Crippen LogP contribution in [-0.4, -0.2) is 5.91 Å². The number of rotatable bonds is 6. The van der Waals surface area contributed by atoms with E-state index < -0.39 is 0 Å². The average Bonchev–Trinajstić information content (AvgIpc) is 2.67. The van der Waals surface area contributed by atoms with Gasteiger partial charge in [-0.1, -0.05) is 90.5 Å². The Morgan fingerprint density at radius 3 is 1.84 bits per heavy atom. The van der Waals surface area contributed by atoms with Gasteiger partial charge in [0.2, 0.25) is 5.91 Å². The lowest BCUT2D eigenvalue weighted by Gasteiger charge is -2.20. The molecule has 2 nitrogen and oxygen atoms in total. The molecule has 2 heteroatoms. The molecule has 0 saturated carbocycles. The van der Waals surface area contributed by atoms with Crippen LogP contribution >= 0.6 is 0 Å². The average molecular weight is 329 g/mol. The Morgan fingerprint density at radius 1 is 0.800 bits per heavy atom. The predicted octanol–water partition coefficient (Wildman–Crippen LogP) is 4.83. The maximum Gasteiger partial charge on any atom is 0.221 e. The van der Waals surface area contributed by atoms with Gasteiger partial charge in [-0.05, 0) is 30.0 Å². The summed E-state index contributed by atoms with van der Waals surface area (Å²) in [5.41, 5.74) is 4.62. The van der Waals surface area contributed by atoms with E-state index in [9.17, 15) is 4.79 Å². The van der Waals surface area contributed by atoms with Crippen molar-refractivity contribution in [2.45, 2.75) is 25.8 Å². The first kappa shape index (κ1) is 17.0. The van der Waals surface area contributed by atoms with Gasteiger partial charge in [0.1, 0.15) is 0 Å². The van der Waals surface area contributed by atoms with Gasteiger partial charge in [-0.25, -0.2) is 0 Å². The molecule has 126 valence electrons. The van der Waals surface area contributed by atoms with E-state index in [-0.39, 0.29) is 11.9 Å². The lowest BCUT2D eigenvalue weighted by molar-refractivity contribution is -0.121. The van der Waals surface area contributed by atoms with Crippen molar-refractivity contribution in [1.29, 1.82) is 0 Å². The van der Waals surface area contributed by atoms with Gasteiger partial charge in [0.05, 0.1) is 6.04 Å². The summed E-state index contributed by atoms with van der Waals surface area (Å²) in [6.07, 6.45) is 1.24. The first-order valence-electron chi connectivity index (χ1n) is 8.67. The van der Waals surface area contributed by atoms with Crippen molar-refractivity contribution >= 4 is 5.91 Å². The molecule has 0 aliphatic rings. The Kier molecular flexibility index (Phi) is 5.63. The minimum Gasteiger partial charge on any atom is -0.345 e. The summed E-state index contributed by atoms with van der Waals surface area (Å²) in [4.78, 5) is 12.5. The van der Waals surface area contributed by atoms with Crippen molar-refractivity contribution in [3.63, 3.8) is 0 Å². The molecule has 1 N–H and O–H groups in total. The normalized spacial score (nSPS) is 10.6. The molecular weight excluding hydrogens is 306 g/mol. The molecule has 0 radical (unpaired) electrons. The van der Waals surface area contributed by atoms with E-state index in [1.165, 1.54) is 11.1 Å². The summed E-state index contributed by atoms with van der Waals surface area (Å²) in [5.74, 6) is 0.0679. The number of carbonyl (C=O) groups excluding carboxylic acids is 1. The van der Waals surface area contributed by atoms with Crippen molar-refractivity contribution in [2.24, 2.45) is 0 Å². The zero-order valence-electron chi connectivity index (χ0n) is 14.5. The van der Waals surface area contributed by atoms with E-state index in [1.54, 1.807) is 0 Å². The number of hydrogen-bond donors (Lipinski definition) is 1. The first-order valence-corrected chi connectivity index (χ1v) is 8.67. The molecule has 1 amide bonds. The Morgan fingerprint density at radius 2 is 1.32 bits per heavy atom. The zero-order valence-corrected chi connectivity index (χ0v) is 14.5. The monoisotopic (exact) mass is 329 g/mol. The van der Waals surface area contributed by atoms with Gasteiger partial charge in [0.15, 0.2) is 0 Å². The molecule has 3 aromatic rings. The molecule has 0 saturated heterocycles. The molecule has 25 heavy (non-hydrogen) atoms. The second-order valence-electron chi connectivity index (χ2n) is 6.31. The fourth-order valence-electron chi connectivity index (χ4n) is 2.90. The Balaban J connectivity index is 1.69. The number of carbonyl (C=O) groups is 1. The van der Waals surface area contributed by atoms with Gasteiger partial charge in [0.25, 0.3) is 0 Å². The van der Waals surface area contributed by atoms with Crippen molar-refractivity contribution in [2.75, 3.05) is 0 Å². The highest BCUT2D eigenvalue weighted by molar-refractivity contribution is 5.77. The molecule has 3 rings (SSSR count). The minimum atomic E-state index is -0.118. The standard InChI is InChI=1S/C23H23NO/c1-18-12-14-19(15-13-18)16-17-22(25)24-23(20-8-4-2-5-9-20)21-10-6-3-7-11-21/h2-15,23H,16-17H2,1H3,(H,24,25). The highest BCUT2D eigenvalue weighted by atomic mass is 16.1. The van der Waals surface area contributed by atoms with Crippen molar-refractivity contribution in [3.05, 3.63) is 107 Å². The van der Waals surface area contributed by atoms with E-state index in [0.717, 1.165) is 17.5 Å².